The van der Waals surface area contributed by atoms with Crippen LogP contribution >= 0.6 is 0 Å². The first kappa shape index (κ1) is 19.2. The molecule has 1 saturated carbocycles. The van der Waals surface area contributed by atoms with E-state index < -0.39 is 5.92 Å². The minimum Gasteiger partial charge on any atom is -0.326 e. The summed E-state index contributed by atoms with van der Waals surface area (Å²) in [5.74, 6) is -0.487. The molecule has 2 aromatic rings. The van der Waals surface area contributed by atoms with Crippen LogP contribution < -0.4 is 15.5 Å². The Balaban J connectivity index is 1.43. The van der Waals surface area contributed by atoms with Gasteiger partial charge in [-0.1, -0.05) is 23.8 Å². The van der Waals surface area contributed by atoms with Gasteiger partial charge in [0.05, 0.1) is 5.92 Å². The third-order valence-corrected chi connectivity index (χ3v) is 5.55. The predicted octanol–water partition coefficient (Wildman–Crippen LogP) is 3.64. The molecule has 1 aliphatic heterocycles. The molecule has 0 aromatic heterocycles. The Morgan fingerprint density at radius 1 is 0.931 bits per heavy atom. The molecule has 1 saturated heterocycles. The topological polar surface area (TPSA) is 78.5 Å². The van der Waals surface area contributed by atoms with Gasteiger partial charge in [-0.2, -0.15) is 0 Å². The number of carbonyl (C=O) groups is 3. The van der Waals surface area contributed by atoms with Gasteiger partial charge in [0, 0.05) is 35.9 Å². The molecule has 4 rings (SSSR count). The van der Waals surface area contributed by atoms with E-state index in [9.17, 15) is 14.4 Å². The molecule has 6 nitrogen and oxygen atoms in total. The molecule has 2 aliphatic rings. The fourth-order valence-corrected chi connectivity index (χ4v) is 3.52. The van der Waals surface area contributed by atoms with Crippen molar-refractivity contribution in [1.29, 1.82) is 0 Å². The molecule has 0 bridgehead atoms. The van der Waals surface area contributed by atoms with Gasteiger partial charge in [-0.25, -0.2) is 0 Å². The summed E-state index contributed by atoms with van der Waals surface area (Å²) in [5.41, 5.74) is 4.18. The molecule has 0 radical (unpaired) electrons. The quantitative estimate of drug-likeness (QED) is 0.817. The van der Waals surface area contributed by atoms with E-state index in [2.05, 4.69) is 10.6 Å². The van der Waals surface area contributed by atoms with Crippen LogP contribution in [-0.4, -0.2) is 24.3 Å². The highest BCUT2D eigenvalue weighted by Gasteiger charge is 2.35. The standard InChI is InChI=1S/C23H25N3O3/c1-14-3-9-19(10-4-14)26-13-17(11-21(26)27)23(29)25-20-12-18(8-5-15(20)2)24-22(28)16-6-7-16/h3-5,8-10,12,16-17H,6-7,11,13H2,1-2H3,(H,24,28)(H,25,29). The maximum Gasteiger partial charge on any atom is 0.229 e. The lowest BCUT2D eigenvalue weighted by Crippen LogP contribution is -2.28. The number of nitrogens with one attached hydrogen (secondary N) is 2. The van der Waals surface area contributed by atoms with E-state index in [0.717, 1.165) is 29.7 Å². The van der Waals surface area contributed by atoms with Gasteiger partial charge in [0.15, 0.2) is 0 Å². The number of anilines is 3. The van der Waals surface area contributed by atoms with Gasteiger partial charge in [0.25, 0.3) is 0 Å². The van der Waals surface area contributed by atoms with E-state index in [1.807, 2.05) is 50.2 Å². The van der Waals surface area contributed by atoms with E-state index in [4.69, 9.17) is 0 Å². The van der Waals surface area contributed by atoms with E-state index in [-0.39, 0.29) is 30.1 Å². The SMILES string of the molecule is Cc1ccc(N2CC(C(=O)Nc3cc(NC(=O)C4CC4)ccc3C)CC2=O)cc1. The van der Waals surface area contributed by atoms with Crippen LogP contribution in [0, 0.1) is 25.7 Å². The monoisotopic (exact) mass is 391 g/mol. The van der Waals surface area contributed by atoms with Crippen molar-refractivity contribution in [2.75, 3.05) is 22.1 Å². The van der Waals surface area contributed by atoms with E-state index in [0.29, 0.717) is 17.9 Å². The minimum atomic E-state index is -0.409. The van der Waals surface area contributed by atoms with Crippen LogP contribution in [0.1, 0.15) is 30.4 Å². The van der Waals surface area contributed by atoms with Gasteiger partial charge in [0.1, 0.15) is 0 Å². The number of hydrogen-bond acceptors (Lipinski definition) is 3. The summed E-state index contributed by atoms with van der Waals surface area (Å²) in [5, 5.41) is 5.85. The average molecular weight is 391 g/mol. The van der Waals surface area contributed by atoms with Crippen molar-refractivity contribution >= 4 is 34.8 Å². The lowest BCUT2D eigenvalue weighted by atomic mass is 10.1. The molecule has 1 atom stereocenters. The van der Waals surface area contributed by atoms with Crippen molar-refractivity contribution in [3.8, 4) is 0 Å². The molecule has 1 aliphatic carbocycles. The molecule has 2 aromatic carbocycles. The maximum absolute atomic E-state index is 12.8. The van der Waals surface area contributed by atoms with E-state index >= 15 is 0 Å². The molecule has 6 heteroatoms. The van der Waals surface area contributed by atoms with Crippen molar-refractivity contribution in [2.45, 2.75) is 33.1 Å². The van der Waals surface area contributed by atoms with Crippen LogP contribution in [0.5, 0.6) is 0 Å². The van der Waals surface area contributed by atoms with Crippen LogP contribution in [0.15, 0.2) is 42.5 Å². The van der Waals surface area contributed by atoms with Gasteiger partial charge >= 0.3 is 0 Å². The second-order valence-corrected chi connectivity index (χ2v) is 8.02. The summed E-state index contributed by atoms with van der Waals surface area (Å²) in [6.07, 6.45) is 2.07. The average Bonchev–Trinajstić information content (AvgIpc) is 3.47. The maximum atomic E-state index is 12.8. The molecule has 2 fully saturated rings. The lowest BCUT2D eigenvalue weighted by molar-refractivity contribution is -0.122. The highest BCUT2D eigenvalue weighted by atomic mass is 16.2. The number of nitrogens with zero attached hydrogens (tertiary/aromatic N) is 1. The van der Waals surface area contributed by atoms with Crippen molar-refractivity contribution in [3.63, 3.8) is 0 Å². The fourth-order valence-electron chi connectivity index (χ4n) is 3.52. The second kappa shape index (κ2) is 7.70. The van der Waals surface area contributed by atoms with Gasteiger partial charge in [-0.05, 0) is 56.5 Å². The Hall–Kier alpha value is -3.15. The number of benzene rings is 2. The molecule has 3 amide bonds. The van der Waals surface area contributed by atoms with Crippen LogP contribution in [0.4, 0.5) is 17.1 Å². The third kappa shape index (κ3) is 4.31. The van der Waals surface area contributed by atoms with E-state index in [1.165, 1.54) is 0 Å². The molecular formula is C23H25N3O3. The Kier molecular flexibility index (Phi) is 5.09. The Morgan fingerprint density at radius 2 is 1.62 bits per heavy atom. The van der Waals surface area contributed by atoms with Crippen molar-refractivity contribution in [3.05, 3.63) is 53.6 Å². The summed E-state index contributed by atoms with van der Waals surface area (Å²) >= 11 is 0. The number of carbonyl (C=O) groups excluding carboxylic acids is 3. The van der Waals surface area contributed by atoms with E-state index in [1.54, 1.807) is 11.0 Å². The molecule has 1 unspecified atom stereocenters. The minimum absolute atomic E-state index is 0.0289. The molecule has 0 spiro atoms. The Morgan fingerprint density at radius 3 is 2.31 bits per heavy atom. The van der Waals surface area contributed by atoms with Gasteiger partial charge < -0.3 is 15.5 Å². The van der Waals surface area contributed by atoms with Crippen molar-refractivity contribution in [2.24, 2.45) is 11.8 Å². The Bertz CT molecular complexity index is 964. The number of hydrogen-bond donors (Lipinski definition) is 2. The zero-order chi connectivity index (χ0) is 20.5. The lowest BCUT2D eigenvalue weighted by Gasteiger charge is -2.17. The summed E-state index contributed by atoms with van der Waals surface area (Å²) < 4.78 is 0. The Labute approximate surface area is 170 Å². The number of amides is 3. The van der Waals surface area contributed by atoms with Crippen LogP contribution in [0.2, 0.25) is 0 Å². The van der Waals surface area contributed by atoms with Crippen molar-refractivity contribution < 1.29 is 14.4 Å². The molecule has 29 heavy (non-hydrogen) atoms. The number of rotatable bonds is 5. The van der Waals surface area contributed by atoms with Gasteiger partial charge in [-0.15, -0.1) is 0 Å². The summed E-state index contributed by atoms with van der Waals surface area (Å²) in [7, 11) is 0. The fraction of sp³-hybridized carbons (Fsp3) is 0.348. The number of aryl methyl sites for hydroxylation is 2. The molecular weight excluding hydrogens is 366 g/mol. The third-order valence-electron chi connectivity index (χ3n) is 5.55. The van der Waals surface area contributed by atoms with Crippen LogP contribution in [-0.2, 0) is 14.4 Å². The first-order valence-corrected chi connectivity index (χ1v) is 10.00. The summed E-state index contributed by atoms with van der Waals surface area (Å²) in [6.45, 7) is 4.26. The zero-order valence-corrected chi connectivity index (χ0v) is 16.7. The molecule has 2 N–H and O–H groups in total. The second-order valence-electron chi connectivity index (χ2n) is 8.02. The summed E-state index contributed by atoms with van der Waals surface area (Å²) in [6, 6.07) is 13.2. The normalized spacial score (nSPS) is 18.6. The van der Waals surface area contributed by atoms with Gasteiger partial charge in [0.2, 0.25) is 17.7 Å². The van der Waals surface area contributed by atoms with Gasteiger partial charge in [-0.3, -0.25) is 14.4 Å². The highest BCUT2D eigenvalue weighted by molar-refractivity contribution is 6.04. The highest BCUT2D eigenvalue weighted by Crippen LogP contribution is 2.31. The van der Waals surface area contributed by atoms with Crippen LogP contribution in [0.25, 0.3) is 0 Å². The van der Waals surface area contributed by atoms with Crippen LogP contribution in [0.3, 0.4) is 0 Å². The zero-order valence-electron chi connectivity index (χ0n) is 16.7. The van der Waals surface area contributed by atoms with Crippen molar-refractivity contribution in [1.82, 2.24) is 0 Å². The smallest absolute Gasteiger partial charge is 0.229 e. The first-order chi connectivity index (χ1) is 13.9. The first-order valence-electron chi connectivity index (χ1n) is 10.00. The molecule has 1 heterocycles. The predicted molar refractivity (Wildman–Crippen MR) is 113 cm³/mol. The largest absolute Gasteiger partial charge is 0.326 e. The molecule has 150 valence electrons. The summed E-state index contributed by atoms with van der Waals surface area (Å²) in [4.78, 5) is 38.9.